The number of nitrogens with zero attached hydrogens (tertiary/aromatic N) is 2. The maximum absolute atomic E-state index is 12.2. The molecule has 0 bridgehead atoms. The molecule has 31 heavy (non-hydrogen) atoms. The normalized spacial score (nSPS) is 11.1. The molecule has 3 rings (SSSR count). The fourth-order valence-corrected chi connectivity index (χ4v) is 2.74. The number of rotatable bonds is 7. The van der Waals surface area contributed by atoms with Gasteiger partial charge in [0.15, 0.2) is 5.84 Å². The molecule has 158 valence electrons. The molecule has 0 fully saturated rings. The minimum atomic E-state index is -0.695. The lowest BCUT2D eigenvalue weighted by molar-refractivity contribution is -0.384. The average molecular weight is 440 g/mol. The van der Waals surface area contributed by atoms with Crippen molar-refractivity contribution in [3.05, 3.63) is 104 Å². The van der Waals surface area contributed by atoms with E-state index in [0.29, 0.717) is 16.3 Å². The minimum Gasteiger partial charge on any atom is -0.487 e. The van der Waals surface area contributed by atoms with Gasteiger partial charge in [-0.15, -0.1) is 0 Å². The second-order valence-electron chi connectivity index (χ2n) is 6.58. The van der Waals surface area contributed by atoms with E-state index in [0.717, 1.165) is 11.1 Å². The van der Waals surface area contributed by atoms with Gasteiger partial charge < -0.3 is 15.3 Å². The Labute approximate surface area is 183 Å². The van der Waals surface area contributed by atoms with Crippen LogP contribution in [0.15, 0.2) is 71.9 Å². The number of nitro groups is 1. The molecule has 0 saturated carbocycles. The van der Waals surface area contributed by atoms with Crippen molar-refractivity contribution < 1.29 is 19.3 Å². The number of carbonyl (C=O) groups excluding carboxylic acids is 1. The molecular formula is C22H18ClN3O5. The number of nitro benzene ring substituents is 1. The predicted octanol–water partition coefficient (Wildman–Crippen LogP) is 4.61. The lowest BCUT2D eigenvalue weighted by Gasteiger charge is -2.09. The molecule has 2 N–H and O–H groups in total. The van der Waals surface area contributed by atoms with Crippen LogP contribution in [0.1, 0.15) is 27.0 Å². The lowest BCUT2D eigenvalue weighted by atomic mass is 10.1. The number of oxime groups is 1. The van der Waals surface area contributed by atoms with Crippen LogP contribution in [0.25, 0.3) is 0 Å². The van der Waals surface area contributed by atoms with Crippen LogP contribution in [0.5, 0.6) is 5.75 Å². The molecule has 0 unspecified atom stereocenters. The number of halogens is 1. The van der Waals surface area contributed by atoms with E-state index in [4.69, 9.17) is 26.9 Å². The first-order valence-corrected chi connectivity index (χ1v) is 9.49. The number of carbonyl (C=O) groups is 1. The van der Waals surface area contributed by atoms with Gasteiger partial charge in [0, 0.05) is 17.7 Å². The van der Waals surface area contributed by atoms with E-state index >= 15 is 0 Å². The number of benzene rings is 3. The summed E-state index contributed by atoms with van der Waals surface area (Å²) in [6.07, 6.45) is 0. The molecule has 0 radical (unpaired) electrons. The summed E-state index contributed by atoms with van der Waals surface area (Å²) in [6.45, 7) is 2.23. The van der Waals surface area contributed by atoms with E-state index in [-0.39, 0.29) is 23.7 Å². The van der Waals surface area contributed by atoms with E-state index in [1.807, 2.05) is 19.1 Å². The van der Waals surface area contributed by atoms with Gasteiger partial charge in [-0.3, -0.25) is 10.1 Å². The monoisotopic (exact) mass is 439 g/mol. The molecule has 0 aliphatic rings. The van der Waals surface area contributed by atoms with Gasteiger partial charge in [-0.1, -0.05) is 35.0 Å². The summed E-state index contributed by atoms with van der Waals surface area (Å²) < 4.78 is 5.73. The van der Waals surface area contributed by atoms with Crippen LogP contribution in [0.4, 0.5) is 5.69 Å². The number of nitrogens with two attached hydrogens (primary N) is 1. The number of amidine groups is 1. The Morgan fingerprint density at radius 1 is 1.06 bits per heavy atom. The topological polar surface area (TPSA) is 117 Å². The summed E-state index contributed by atoms with van der Waals surface area (Å²) in [5.41, 5.74) is 8.22. The summed E-state index contributed by atoms with van der Waals surface area (Å²) in [5, 5.41) is 14.8. The van der Waals surface area contributed by atoms with Gasteiger partial charge in [-0.25, -0.2) is 4.79 Å². The fraction of sp³-hybridized carbons (Fsp3) is 0.0909. The van der Waals surface area contributed by atoms with E-state index in [2.05, 4.69) is 5.16 Å². The van der Waals surface area contributed by atoms with Crippen molar-refractivity contribution in [2.45, 2.75) is 13.5 Å². The fourth-order valence-electron chi connectivity index (χ4n) is 2.57. The van der Waals surface area contributed by atoms with Gasteiger partial charge in [-0.05, 0) is 54.4 Å². The molecule has 0 amide bonds. The van der Waals surface area contributed by atoms with Crippen LogP contribution in [-0.2, 0) is 11.4 Å². The van der Waals surface area contributed by atoms with Crippen LogP contribution < -0.4 is 10.5 Å². The van der Waals surface area contributed by atoms with Crippen LogP contribution in [0.2, 0.25) is 5.02 Å². The molecule has 9 heteroatoms. The summed E-state index contributed by atoms with van der Waals surface area (Å²) in [7, 11) is 0. The highest BCUT2D eigenvalue weighted by atomic mass is 35.5. The second-order valence-corrected chi connectivity index (χ2v) is 6.99. The zero-order chi connectivity index (χ0) is 22.4. The highest BCUT2D eigenvalue weighted by Crippen LogP contribution is 2.26. The first kappa shape index (κ1) is 21.8. The van der Waals surface area contributed by atoms with Crippen LogP contribution in [0.3, 0.4) is 0 Å². The number of ether oxygens (including phenoxy) is 1. The third-order valence-electron chi connectivity index (χ3n) is 4.27. The first-order chi connectivity index (χ1) is 14.8. The third kappa shape index (κ3) is 5.80. The predicted molar refractivity (Wildman–Crippen MR) is 116 cm³/mol. The van der Waals surface area contributed by atoms with Crippen LogP contribution in [0, 0.1) is 17.0 Å². The van der Waals surface area contributed by atoms with Gasteiger partial charge in [-0.2, -0.15) is 0 Å². The van der Waals surface area contributed by atoms with E-state index in [9.17, 15) is 14.9 Å². The Balaban J connectivity index is 1.58. The third-order valence-corrected chi connectivity index (χ3v) is 4.58. The van der Waals surface area contributed by atoms with Crippen molar-refractivity contribution in [3.63, 3.8) is 0 Å². The highest BCUT2D eigenvalue weighted by molar-refractivity contribution is 6.32. The molecule has 0 atom stereocenters. The Morgan fingerprint density at radius 3 is 2.35 bits per heavy atom. The van der Waals surface area contributed by atoms with Crippen LogP contribution >= 0.6 is 11.6 Å². The van der Waals surface area contributed by atoms with Crippen molar-refractivity contribution in [2.75, 3.05) is 0 Å². The van der Waals surface area contributed by atoms with E-state index in [1.54, 1.807) is 30.3 Å². The molecule has 3 aromatic rings. The van der Waals surface area contributed by atoms with Crippen molar-refractivity contribution in [2.24, 2.45) is 10.9 Å². The number of aryl methyl sites for hydroxylation is 1. The molecule has 0 heterocycles. The van der Waals surface area contributed by atoms with Gasteiger partial charge in [0.2, 0.25) is 0 Å². The lowest BCUT2D eigenvalue weighted by Crippen LogP contribution is -2.15. The molecule has 0 aromatic heterocycles. The zero-order valence-corrected chi connectivity index (χ0v) is 17.2. The molecule has 3 aromatic carbocycles. The second kappa shape index (κ2) is 9.73. The summed E-state index contributed by atoms with van der Waals surface area (Å²) >= 11 is 6.12. The SMILES string of the molecule is Cc1ccc(Cl)c(OCc2ccc(C(=O)O/N=C(\N)c3ccc([N+](=O)[O-])cc3)cc2)c1. The standard InChI is InChI=1S/C22H18ClN3O5/c1-14-2-11-19(23)20(12-14)30-13-15-3-5-17(6-4-15)22(27)31-25-21(24)16-7-9-18(10-8-16)26(28)29/h2-12H,13H2,1H3,(H2,24,25). The Morgan fingerprint density at radius 2 is 1.71 bits per heavy atom. The minimum absolute atomic E-state index is 0.0803. The largest absolute Gasteiger partial charge is 0.487 e. The smallest absolute Gasteiger partial charge is 0.365 e. The van der Waals surface area contributed by atoms with Gasteiger partial charge in [0.25, 0.3) is 5.69 Å². The summed E-state index contributed by atoms with van der Waals surface area (Å²) in [5.74, 6) is -0.191. The molecule has 8 nitrogen and oxygen atoms in total. The summed E-state index contributed by atoms with van der Waals surface area (Å²) in [4.78, 5) is 27.2. The maximum atomic E-state index is 12.2. The van der Waals surface area contributed by atoms with Gasteiger partial charge in [0.05, 0.1) is 15.5 Å². The number of hydrogen-bond acceptors (Lipinski definition) is 6. The van der Waals surface area contributed by atoms with E-state index in [1.165, 1.54) is 24.3 Å². The van der Waals surface area contributed by atoms with Crippen LogP contribution in [-0.4, -0.2) is 16.7 Å². The summed E-state index contributed by atoms with van der Waals surface area (Å²) in [6, 6.07) is 17.5. The molecule has 0 saturated heterocycles. The molecule has 0 aliphatic heterocycles. The number of non-ortho nitro benzene ring substituents is 1. The molecule has 0 aliphatic carbocycles. The number of hydrogen-bond donors (Lipinski definition) is 1. The van der Waals surface area contributed by atoms with Gasteiger partial charge >= 0.3 is 5.97 Å². The van der Waals surface area contributed by atoms with Crippen molar-refractivity contribution in [1.82, 2.24) is 0 Å². The van der Waals surface area contributed by atoms with E-state index < -0.39 is 10.9 Å². The van der Waals surface area contributed by atoms with Crippen molar-refractivity contribution in [1.29, 1.82) is 0 Å². The first-order valence-electron chi connectivity index (χ1n) is 9.11. The zero-order valence-electron chi connectivity index (χ0n) is 16.4. The van der Waals surface area contributed by atoms with Gasteiger partial charge in [0.1, 0.15) is 12.4 Å². The highest BCUT2D eigenvalue weighted by Gasteiger charge is 2.10. The Hall–Kier alpha value is -3.91. The average Bonchev–Trinajstić information content (AvgIpc) is 2.78. The quantitative estimate of drug-likeness (QED) is 0.189. The molecular weight excluding hydrogens is 422 g/mol. The van der Waals surface area contributed by atoms with Crippen molar-refractivity contribution in [3.8, 4) is 5.75 Å². The maximum Gasteiger partial charge on any atom is 0.365 e. The van der Waals surface area contributed by atoms with Crippen molar-refractivity contribution >= 4 is 29.1 Å². The Bertz CT molecular complexity index is 1130. The molecule has 0 spiro atoms. The Kier molecular flexibility index (Phi) is 6.84.